The number of hydrogen-bond acceptors (Lipinski definition) is 5. The zero-order chi connectivity index (χ0) is 20.6. The molecular formula is C19H19Cl2N5O2S. The van der Waals surface area contributed by atoms with Crippen LogP contribution in [0.4, 0.5) is 5.82 Å². The summed E-state index contributed by atoms with van der Waals surface area (Å²) >= 11 is 12.1. The summed E-state index contributed by atoms with van der Waals surface area (Å²) in [6.45, 7) is 3.52. The highest BCUT2D eigenvalue weighted by Crippen LogP contribution is 2.29. The smallest absolute Gasteiger partial charge is 0.244 e. The van der Waals surface area contributed by atoms with Crippen molar-refractivity contribution in [1.29, 1.82) is 0 Å². The van der Waals surface area contributed by atoms with Crippen molar-refractivity contribution in [1.82, 2.24) is 18.8 Å². The number of rotatable bonds is 4. The van der Waals surface area contributed by atoms with E-state index >= 15 is 0 Å². The van der Waals surface area contributed by atoms with Crippen LogP contribution in [0.3, 0.4) is 0 Å². The summed E-state index contributed by atoms with van der Waals surface area (Å²) in [4.78, 5) is 11.1. The normalized spacial score (nSPS) is 15.6. The van der Waals surface area contributed by atoms with Crippen LogP contribution in [0.1, 0.15) is 5.82 Å². The Balaban J connectivity index is 1.53. The molecule has 0 N–H and O–H groups in total. The molecule has 3 heterocycles. The van der Waals surface area contributed by atoms with Gasteiger partial charge in [-0.1, -0.05) is 23.2 Å². The van der Waals surface area contributed by atoms with Gasteiger partial charge in [-0.05, 0) is 37.3 Å². The van der Waals surface area contributed by atoms with Crippen molar-refractivity contribution in [2.24, 2.45) is 0 Å². The van der Waals surface area contributed by atoms with Crippen molar-refractivity contribution in [2.45, 2.75) is 11.8 Å². The predicted molar refractivity (Wildman–Crippen MR) is 114 cm³/mol. The average Bonchev–Trinajstić information content (AvgIpc) is 3.24. The van der Waals surface area contributed by atoms with Gasteiger partial charge < -0.3 is 9.47 Å². The number of halogens is 2. The van der Waals surface area contributed by atoms with E-state index in [0.29, 0.717) is 37.0 Å². The number of benzene rings is 1. The van der Waals surface area contributed by atoms with E-state index in [0.717, 1.165) is 11.6 Å². The highest BCUT2D eigenvalue weighted by molar-refractivity contribution is 7.89. The molecule has 3 aromatic rings. The monoisotopic (exact) mass is 451 g/mol. The lowest BCUT2D eigenvalue weighted by Gasteiger charge is -2.35. The number of piperazine rings is 1. The zero-order valence-electron chi connectivity index (χ0n) is 15.7. The molecule has 0 unspecified atom stereocenters. The molecule has 0 aliphatic carbocycles. The first-order valence-electron chi connectivity index (χ1n) is 9.04. The van der Waals surface area contributed by atoms with Crippen LogP contribution in [0.2, 0.25) is 10.0 Å². The molecule has 0 saturated carbocycles. The second-order valence-corrected chi connectivity index (χ2v) is 9.44. The highest BCUT2D eigenvalue weighted by Gasteiger charge is 2.31. The SMILES string of the molecule is Cc1nc(N2CCN(S(=O)(=O)c3cc(Cl)ccc3Cl)CC2)cc(-n2cccc2)n1. The van der Waals surface area contributed by atoms with Crippen LogP contribution in [0, 0.1) is 6.92 Å². The van der Waals surface area contributed by atoms with E-state index in [9.17, 15) is 8.42 Å². The van der Waals surface area contributed by atoms with E-state index in [1.807, 2.05) is 42.1 Å². The lowest BCUT2D eigenvalue weighted by Crippen LogP contribution is -2.49. The number of aryl methyl sites for hydroxylation is 1. The molecule has 0 bridgehead atoms. The number of hydrogen-bond donors (Lipinski definition) is 0. The Labute approximate surface area is 179 Å². The molecule has 0 spiro atoms. The van der Waals surface area contributed by atoms with Crippen molar-refractivity contribution in [3.8, 4) is 5.82 Å². The molecule has 1 aromatic carbocycles. The molecule has 1 aliphatic rings. The van der Waals surface area contributed by atoms with Gasteiger partial charge in [-0.25, -0.2) is 18.4 Å². The van der Waals surface area contributed by atoms with E-state index in [1.165, 1.54) is 16.4 Å². The fourth-order valence-electron chi connectivity index (χ4n) is 3.29. The van der Waals surface area contributed by atoms with Crippen molar-refractivity contribution in [3.63, 3.8) is 0 Å². The molecule has 0 atom stereocenters. The molecule has 1 aliphatic heterocycles. The van der Waals surface area contributed by atoms with Gasteiger partial charge >= 0.3 is 0 Å². The van der Waals surface area contributed by atoms with Crippen molar-refractivity contribution in [2.75, 3.05) is 31.1 Å². The first-order chi connectivity index (χ1) is 13.8. The molecule has 0 radical (unpaired) electrons. The van der Waals surface area contributed by atoms with Gasteiger partial charge in [-0.3, -0.25) is 0 Å². The van der Waals surface area contributed by atoms with Gasteiger partial charge in [0.2, 0.25) is 10.0 Å². The van der Waals surface area contributed by atoms with Gasteiger partial charge in [-0.15, -0.1) is 0 Å². The van der Waals surface area contributed by atoms with E-state index < -0.39 is 10.0 Å². The minimum absolute atomic E-state index is 0.0351. The Morgan fingerprint density at radius 1 is 0.931 bits per heavy atom. The lowest BCUT2D eigenvalue weighted by atomic mass is 10.3. The Hall–Kier alpha value is -2.13. The van der Waals surface area contributed by atoms with Crippen molar-refractivity contribution >= 4 is 39.0 Å². The van der Waals surface area contributed by atoms with Crippen LogP contribution in [0.5, 0.6) is 0 Å². The third-order valence-electron chi connectivity index (χ3n) is 4.75. The number of anilines is 1. The number of nitrogens with zero attached hydrogens (tertiary/aromatic N) is 5. The summed E-state index contributed by atoms with van der Waals surface area (Å²) in [6.07, 6.45) is 3.84. The maximum absolute atomic E-state index is 13.0. The van der Waals surface area contributed by atoms with Crippen LogP contribution in [0.25, 0.3) is 5.82 Å². The van der Waals surface area contributed by atoms with E-state index in [1.54, 1.807) is 6.07 Å². The Bertz CT molecular complexity index is 1130. The molecule has 7 nitrogen and oxygen atoms in total. The van der Waals surface area contributed by atoms with E-state index in [4.69, 9.17) is 23.2 Å². The van der Waals surface area contributed by atoms with Crippen LogP contribution >= 0.6 is 23.2 Å². The summed E-state index contributed by atoms with van der Waals surface area (Å²) in [5.74, 6) is 2.21. The summed E-state index contributed by atoms with van der Waals surface area (Å²) in [5.41, 5.74) is 0. The molecular weight excluding hydrogens is 433 g/mol. The van der Waals surface area contributed by atoms with Gasteiger partial charge in [0, 0.05) is 49.7 Å². The quantitative estimate of drug-likeness (QED) is 0.607. The zero-order valence-corrected chi connectivity index (χ0v) is 18.0. The van der Waals surface area contributed by atoms with Crippen molar-refractivity contribution < 1.29 is 8.42 Å². The molecule has 0 amide bonds. The van der Waals surface area contributed by atoms with Gasteiger partial charge in [0.25, 0.3) is 0 Å². The van der Waals surface area contributed by atoms with Gasteiger partial charge in [0.05, 0.1) is 5.02 Å². The maximum atomic E-state index is 13.0. The largest absolute Gasteiger partial charge is 0.354 e. The molecule has 4 rings (SSSR count). The maximum Gasteiger partial charge on any atom is 0.244 e. The Morgan fingerprint density at radius 3 is 2.28 bits per heavy atom. The topological polar surface area (TPSA) is 71.3 Å². The molecule has 1 saturated heterocycles. The van der Waals surface area contributed by atoms with Crippen LogP contribution in [0.15, 0.2) is 53.7 Å². The lowest BCUT2D eigenvalue weighted by molar-refractivity contribution is 0.383. The second-order valence-electron chi connectivity index (χ2n) is 6.69. The minimum Gasteiger partial charge on any atom is -0.354 e. The van der Waals surface area contributed by atoms with Crippen molar-refractivity contribution in [3.05, 3.63) is 64.7 Å². The molecule has 29 heavy (non-hydrogen) atoms. The molecule has 10 heteroatoms. The standard InChI is InChI=1S/C19H19Cl2N5O2S/c1-14-22-18(24-6-2-3-7-24)13-19(23-14)25-8-10-26(11-9-25)29(27,28)17-12-15(20)4-5-16(17)21/h2-7,12-13H,8-11H2,1H3. The van der Waals surface area contributed by atoms with Gasteiger partial charge in [-0.2, -0.15) is 4.31 Å². The van der Waals surface area contributed by atoms with Gasteiger partial charge in [0.15, 0.2) is 0 Å². The molecule has 2 aromatic heterocycles. The summed E-state index contributed by atoms with van der Waals surface area (Å²) in [6, 6.07) is 10.2. The van der Waals surface area contributed by atoms with Gasteiger partial charge in [0.1, 0.15) is 22.4 Å². The third-order valence-corrected chi connectivity index (χ3v) is 7.37. The van der Waals surface area contributed by atoms with Crippen LogP contribution in [-0.4, -0.2) is 53.4 Å². The fourth-order valence-corrected chi connectivity index (χ4v) is 5.45. The summed E-state index contributed by atoms with van der Waals surface area (Å²) in [5, 5.41) is 0.500. The average molecular weight is 452 g/mol. The molecule has 1 fully saturated rings. The van der Waals surface area contributed by atoms with E-state index in [-0.39, 0.29) is 9.92 Å². The summed E-state index contributed by atoms with van der Waals surface area (Å²) in [7, 11) is -3.72. The highest BCUT2D eigenvalue weighted by atomic mass is 35.5. The fraction of sp³-hybridized carbons (Fsp3) is 0.263. The number of aromatic nitrogens is 3. The third kappa shape index (κ3) is 4.11. The summed E-state index contributed by atoms with van der Waals surface area (Å²) < 4.78 is 29.4. The predicted octanol–water partition coefficient (Wildman–Crippen LogP) is 3.39. The number of sulfonamides is 1. The van der Waals surface area contributed by atoms with E-state index in [2.05, 4.69) is 14.9 Å². The van der Waals surface area contributed by atoms with Crippen LogP contribution < -0.4 is 4.90 Å². The first-order valence-corrected chi connectivity index (χ1v) is 11.2. The Kier molecular flexibility index (Phi) is 5.52. The van der Waals surface area contributed by atoms with Crippen LogP contribution in [-0.2, 0) is 10.0 Å². The Morgan fingerprint density at radius 2 is 1.59 bits per heavy atom. The second kappa shape index (κ2) is 7.95. The molecule has 152 valence electrons. The first kappa shape index (κ1) is 20.2. The minimum atomic E-state index is -3.72.